The molecule has 0 aromatic heterocycles. The van der Waals surface area contributed by atoms with Crippen molar-refractivity contribution in [2.75, 3.05) is 13.2 Å². The molecule has 398 valence electrons. The predicted molar refractivity (Wildman–Crippen MR) is 298 cm³/mol. The molecule has 0 rings (SSSR count). The van der Waals surface area contributed by atoms with Gasteiger partial charge in [0.25, 0.3) is 0 Å². The summed E-state index contributed by atoms with van der Waals surface area (Å²) in [6.07, 6.45) is 73.6. The zero-order valence-electron chi connectivity index (χ0n) is 45.6. The van der Waals surface area contributed by atoms with E-state index in [2.05, 4.69) is 93.7 Å². The van der Waals surface area contributed by atoms with Gasteiger partial charge in [-0.25, -0.2) is 0 Å². The van der Waals surface area contributed by atoms with E-state index >= 15 is 0 Å². The van der Waals surface area contributed by atoms with Gasteiger partial charge < -0.3 is 14.2 Å². The van der Waals surface area contributed by atoms with Crippen molar-refractivity contribution in [2.45, 2.75) is 297 Å². The highest BCUT2D eigenvalue weighted by molar-refractivity contribution is 5.71. The summed E-state index contributed by atoms with van der Waals surface area (Å²) in [6.45, 7) is 6.48. The van der Waals surface area contributed by atoms with Gasteiger partial charge >= 0.3 is 17.9 Å². The Bertz CT molecular complexity index is 1290. The SMILES string of the molecule is CC/C=C\C/C=C\C/C=C\C/C=C\C/C=C\CCCCCC(=O)OC(COC(=O)CCCCCCCCC)COC(=O)CCCCCCCCCCCCCCC/C=C\CCCCCCCCCC. The minimum absolute atomic E-state index is 0.0872. The zero-order valence-corrected chi connectivity index (χ0v) is 45.6. The van der Waals surface area contributed by atoms with Gasteiger partial charge in [-0.1, -0.05) is 254 Å². The molecule has 0 spiro atoms. The molecule has 0 aliphatic heterocycles. The van der Waals surface area contributed by atoms with Crippen molar-refractivity contribution in [3.63, 3.8) is 0 Å². The lowest BCUT2D eigenvalue weighted by Crippen LogP contribution is -2.30. The van der Waals surface area contributed by atoms with Crippen LogP contribution in [-0.4, -0.2) is 37.2 Å². The van der Waals surface area contributed by atoms with E-state index in [4.69, 9.17) is 14.2 Å². The molecule has 6 nitrogen and oxygen atoms in total. The molecule has 0 N–H and O–H groups in total. The van der Waals surface area contributed by atoms with Crippen LogP contribution < -0.4 is 0 Å². The molecular weight excluding hydrogens is 853 g/mol. The van der Waals surface area contributed by atoms with Crippen LogP contribution in [0.2, 0.25) is 0 Å². The first kappa shape index (κ1) is 65.8. The van der Waals surface area contributed by atoms with Gasteiger partial charge in [-0.3, -0.25) is 14.4 Å². The standard InChI is InChI=1S/C63H110O6/c1-4-7-10-13-16-18-20-22-24-26-28-29-30-31-32-33-35-36-38-40-42-44-47-50-53-56-62(65)68-59-60(58-67-61(64)55-52-49-46-15-12-9-6-3)69-63(66)57-54-51-48-45-43-41-39-37-34-27-25-23-21-19-17-14-11-8-5-2/h8,11,17,19,23,25-26,28,34,37,41,43,60H,4-7,9-10,12-16,18,20-22,24,27,29-33,35-36,38-40,42,44-59H2,1-3H3/b11-8-,19-17-,25-23-,28-26-,37-34-,43-41-. The molecule has 0 heterocycles. The van der Waals surface area contributed by atoms with Crippen LogP contribution in [0.5, 0.6) is 0 Å². The molecule has 1 atom stereocenters. The van der Waals surface area contributed by atoms with Gasteiger partial charge in [-0.15, -0.1) is 0 Å². The van der Waals surface area contributed by atoms with E-state index in [1.165, 1.54) is 154 Å². The molecule has 0 aromatic rings. The van der Waals surface area contributed by atoms with E-state index < -0.39 is 6.10 Å². The molecule has 0 saturated heterocycles. The van der Waals surface area contributed by atoms with Gasteiger partial charge in [0, 0.05) is 19.3 Å². The van der Waals surface area contributed by atoms with Crippen LogP contribution in [0, 0.1) is 0 Å². The third-order valence-corrected chi connectivity index (χ3v) is 12.7. The highest BCUT2D eigenvalue weighted by Gasteiger charge is 2.19. The monoisotopic (exact) mass is 963 g/mol. The highest BCUT2D eigenvalue weighted by atomic mass is 16.6. The minimum Gasteiger partial charge on any atom is -0.462 e. The lowest BCUT2D eigenvalue weighted by Gasteiger charge is -2.18. The third-order valence-electron chi connectivity index (χ3n) is 12.7. The van der Waals surface area contributed by atoms with E-state index in [0.29, 0.717) is 19.3 Å². The van der Waals surface area contributed by atoms with E-state index in [-0.39, 0.29) is 31.1 Å². The van der Waals surface area contributed by atoms with E-state index in [0.717, 1.165) is 96.3 Å². The van der Waals surface area contributed by atoms with Crippen molar-refractivity contribution < 1.29 is 28.6 Å². The van der Waals surface area contributed by atoms with Crippen LogP contribution in [0.4, 0.5) is 0 Å². The smallest absolute Gasteiger partial charge is 0.306 e. The fraction of sp³-hybridized carbons (Fsp3) is 0.762. The number of hydrogen-bond acceptors (Lipinski definition) is 6. The number of allylic oxidation sites excluding steroid dienone is 12. The average molecular weight is 964 g/mol. The fourth-order valence-corrected chi connectivity index (χ4v) is 8.29. The van der Waals surface area contributed by atoms with Crippen LogP contribution >= 0.6 is 0 Å². The van der Waals surface area contributed by atoms with Gasteiger partial charge in [0.15, 0.2) is 6.10 Å². The minimum atomic E-state index is -0.790. The van der Waals surface area contributed by atoms with Gasteiger partial charge in [-0.2, -0.15) is 0 Å². The first-order valence-electron chi connectivity index (χ1n) is 29.4. The molecule has 69 heavy (non-hydrogen) atoms. The molecular formula is C63H110O6. The van der Waals surface area contributed by atoms with Crippen molar-refractivity contribution in [1.82, 2.24) is 0 Å². The second kappa shape index (κ2) is 57.4. The average Bonchev–Trinajstić information content (AvgIpc) is 3.35. The Labute approximate surface area is 427 Å². The van der Waals surface area contributed by atoms with E-state index in [1.807, 2.05) is 0 Å². The number of carbonyl (C=O) groups is 3. The molecule has 0 fully saturated rings. The Kier molecular flexibility index (Phi) is 54.8. The Morgan fingerprint density at radius 3 is 0.913 bits per heavy atom. The second-order valence-corrected chi connectivity index (χ2v) is 19.5. The van der Waals surface area contributed by atoms with Crippen molar-refractivity contribution in [1.29, 1.82) is 0 Å². The van der Waals surface area contributed by atoms with Crippen molar-refractivity contribution in [2.24, 2.45) is 0 Å². The summed E-state index contributed by atoms with van der Waals surface area (Å²) in [5, 5.41) is 0. The first-order chi connectivity index (χ1) is 34.0. The van der Waals surface area contributed by atoms with Gasteiger partial charge in [0.1, 0.15) is 13.2 Å². The third kappa shape index (κ3) is 55.6. The number of rotatable bonds is 53. The predicted octanol–water partition coefficient (Wildman–Crippen LogP) is 19.8. The van der Waals surface area contributed by atoms with Crippen LogP contribution in [0.3, 0.4) is 0 Å². The van der Waals surface area contributed by atoms with E-state index in [9.17, 15) is 14.4 Å². The summed E-state index contributed by atoms with van der Waals surface area (Å²) >= 11 is 0. The molecule has 0 bridgehead atoms. The molecule has 0 aliphatic rings. The summed E-state index contributed by atoms with van der Waals surface area (Å²) in [7, 11) is 0. The van der Waals surface area contributed by atoms with Crippen molar-refractivity contribution in [3.8, 4) is 0 Å². The Morgan fingerprint density at radius 1 is 0.304 bits per heavy atom. The van der Waals surface area contributed by atoms with Gasteiger partial charge in [-0.05, 0) is 89.9 Å². The van der Waals surface area contributed by atoms with Crippen LogP contribution in [0.15, 0.2) is 72.9 Å². The number of ether oxygens (including phenoxy) is 3. The van der Waals surface area contributed by atoms with Crippen molar-refractivity contribution >= 4 is 17.9 Å². The molecule has 0 aromatic carbocycles. The molecule has 0 amide bonds. The molecule has 6 heteroatoms. The molecule has 0 radical (unpaired) electrons. The molecule has 0 saturated carbocycles. The van der Waals surface area contributed by atoms with Crippen LogP contribution in [-0.2, 0) is 28.6 Å². The summed E-state index contributed by atoms with van der Waals surface area (Å²) < 4.78 is 16.8. The topological polar surface area (TPSA) is 78.9 Å². The zero-order chi connectivity index (χ0) is 50.0. The summed E-state index contributed by atoms with van der Waals surface area (Å²) in [5.41, 5.74) is 0. The van der Waals surface area contributed by atoms with Gasteiger partial charge in [0.05, 0.1) is 0 Å². The summed E-state index contributed by atoms with van der Waals surface area (Å²) in [6, 6.07) is 0. The van der Waals surface area contributed by atoms with E-state index in [1.54, 1.807) is 0 Å². The number of hydrogen-bond donors (Lipinski definition) is 0. The molecule has 1 unspecified atom stereocenters. The highest BCUT2D eigenvalue weighted by Crippen LogP contribution is 2.16. The normalized spacial score (nSPS) is 12.6. The maximum atomic E-state index is 12.8. The maximum absolute atomic E-state index is 12.8. The lowest BCUT2D eigenvalue weighted by atomic mass is 10.0. The largest absolute Gasteiger partial charge is 0.462 e. The first-order valence-corrected chi connectivity index (χ1v) is 29.4. The molecule has 0 aliphatic carbocycles. The number of carbonyl (C=O) groups excluding carboxylic acids is 3. The summed E-state index contributed by atoms with van der Waals surface area (Å²) in [5.74, 6) is -0.919. The van der Waals surface area contributed by atoms with Crippen molar-refractivity contribution in [3.05, 3.63) is 72.9 Å². The Hall–Kier alpha value is -3.15. The Balaban J connectivity index is 4.19. The second-order valence-electron chi connectivity index (χ2n) is 19.5. The fourth-order valence-electron chi connectivity index (χ4n) is 8.29. The van der Waals surface area contributed by atoms with Crippen LogP contribution in [0.25, 0.3) is 0 Å². The Morgan fingerprint density at radius 2 is 0.565 bits per heavy atom. The number of esters is 3. The quantitative estimate of drug-likeness (QED) is 0.0262. The lowest BCUT2D eigenvalue weighted by molar-refractivity contribution is -0.167. The van der Waals surface area contributed by atoms with Crippen LogP contribution in [0.1, 0.15) is 290 Å². The summed E-state index contributed by atoms with van der Waals surface area (Å²) in [4.78, 5) is 38.0. The van der Waals surface area contributed by atoms with Gasteiger partial charge in [0.2, 0.25) is 0 Å². The number of unbranched alkanes of at least 4 members (excludes halogenated alkanes) is 30. The maximum Gasteiger partial charge on any atom is 0.306 e.